The molecular weight excluding hydrogens is 266 g/mol. The molecule has 5 heteroatoms. The summed E-state index contributed by atoms with van der Waals surface area (Å²) in [6, 6.07) is 6.42. The highest BCUT2D eigenvalue weighted by Crippen LogP contribution is 2.39. The zero-order valence-electron chi connectivity index (χ0n) is 12.3. The molecule has 2 aromatic rings. The van der Waals surface area contributed by atoms with Crippen molar-refractivity contribution in [3.8, 4) is 11.5 Å². The van der Waals surface area contributed by atoms with Crippen molar-refractivity contribution in [3.05, 3.63) is 42.5 Å². The summed E-state index contributed by atoms with van der Waals surface area (Å²) in [6.45, 7) is 2.69. The molecule has 5 nitrogen and oxygen atoms in total. The molecule has 1 atom stereocenters. The molecule has 1 aliphatic heterocycles. The minimum Gasteiger partial charge on any atom is -0.493 e. The first-order chi connectivity index (χ1) is 10.4. The van der Waals surface area contributed by atoms with E-state index in [1.165, 1.54) is 5.56 Å². The number of imidazole rings is 1. The lowest BCUT2D eigenvalue weighted by Crippen LogP contribution is -2.28. The van der Waals surface area contributed by atoms with E-state index in [0.717, 1.165) is 44.0 Å². The van der Waals surface area contributed by atoms with Gasteiger partial charge in [-0.25, -0.2) is 4.98 Å². The Morgan fingerprint density at radius 2 is 2.43 bits per heavy atom. The van der Waals surface area contributed by atoms with Crippen molar-refractivity contribution in [2.45, 2.75) is 25.4 Å². The van der Waals surface area contributed by atoms with Gasteiger partial charge in [0.25, 0.3) is 0 Å². The molecule has 112 valence electrons. The monoisotopic (exact) mass is 287 g/mol. The smallest absolute Gasteiger partial charge is 0.165 e. The first kappa shape index (κ1) is 13.9. The molecule has 0 amide bonds. The predicted octanol–water partition coefficient (Wildman–Crippen LogP) is 2.40. The van der Waals surface area contributed by atoms with Crippen LogP contribution in [-0.4, -0.2) is 29.8 Å². The summed E-state index contributed by atoms with van der Waals surface area (Å²) in [4.78, 5) is 4.05. The largest absolute Gasteiger partial charge is 0.493 e. The summed E-state index contributed by atoms with van der Waals surface area (Å²) in [7, 11) is 1.68. The minimum atomic E-state index is 0.339. The highest BCUT2D eigenvalue weighted by Gasteiger charge is 2.23. The Morgan fingerprint density at radius 1 is 1.48 bits per heavy atom. The van der Waals surface area contributed by atoms with E-state index < -0.39 is 0 Å². The highest BCUT2D eigenvalue weighted by molar-refractivity contribution is 5.49. The number of nitrogens with one attached hydrogen (secondary N) is 1. The van der Waals surface area contributed by atoms with Crippen LogP contribution in [0, 0.1) is 0 Å². The minimum absolute atomic E-state index is 0.339. The van der Waals surface area contributed by atoms with Crippen molar-refractivity contribution in [3.63, 3.8) is 0 Å². The number of aryl methyl sites for hydroxylation is 1. The Hall–Kier alpha value is -2.01. The Bertz CT molecular complexity index is 569. The summed E-state index contributed by atoms with van der Waals surface area (Å²) in [5, 5.41) is 3.62. The topological polar surface area (TPSA) is 48.3 Å². The second-order valence-corrected chi connectivity index (χ2v) is 5.18. The number of methoxy groups -OCH3 is 1. The fourth-order valence-electron chi connectivity index (χ4n) is 2.73. The van der Waals surface area contributed by atoms with E-state index in [9.17, 15) is 0 Å². The lowest BCUT2D eigenvalue weighted by molar-refractivity contribution is 0.239. The SMILES string of the molecule is COc1cccc2c1OCCC2NCCCn1ccnc1. The van der Waals surface area contributed by atoms with Crippen molar-refractivity contribution in [2.75, 3.05) is 20.3 Å². The maximum Gasteiger partial charge on any atom is 0.165 e. The van der Waals surface area contributed by atoms with Gasteiger partial charge < -0.3 is 19.4 Å². The molecule has 0 spiro atoms. The van der Waals surface area contributed by atoms with Crippen LogP contribution in [0.2, 0.25) is 0 Å². The number of ether oxygens (including phenoxy) is 2. The van der Waals surface area contributed by atoms with Crippen LogP contribution in [0.25, 0.3) is 0 Å². The number of nitrogens with zero attached hydrogens (tertiary/aromatic N) is 2. The van der Waals surface area contributed by atoms with Crippen LogP contribution in [0.15, 0.2) is 36.9 Å². The van der Waals surface area contributed by atoms with Crippen LogP contribution in [-0.2, 0) is 6.54 Å². The molecule has 1 aromatic carbocycles. The predicted molar refractivity (Wildman–Crippen MR) is 80.7 cm³/mol. The Morgan fingerprint density at radius 3 is 3.24 bits per heavy atom. The average molecular weight is 287 g/mol. The normalized spacial score (nSPS) is 17.1. The van der Waals surface area contributed by atoms with Crippen LogP contribution in [0.3, 0.4) is 0 Å². The molecule has 21 heavy (non-hydrogen) atoms. The number of rotatable bonds is 6. The molecule has 0 saturated heterocycles. The van der Waals surface area contributed by atoms with Crippen LogP contribution >= 0.6 is 0 Å². The maximum atomic E-state index is 5.76. The molecule has 0 saturated carbocycles. The summed E-state index contributed by atoms with van der Waals surface area (Å²) in [6.07, 6.45) is 7.73. The molecule has 0 bridgehead atoms. The van der Waals surface area contributed by atoms with Crippen molar-refractivity contribution in [1.82, 2.24) is 14.9 Å². The van der Waals surface area contributed by atoms with Gasteiger partial charge in [-0.2, -0.15) is 0 Å². The molecule has 1 aliphatic rings. The average Bonchev–Trinajstić information content (AvgIpc) is 3.04. The lowest BCUT2D eigenvalue weighted by Gasteiger charge is -2.28. The van der Waals surface area contributed by atoms with Crippen LogP contribution < -0.4 is 14.8 Å². The van der Waals surface area contributed by atoms with Gasteiger partial charge >= 0.3 is 0 Å². The van der Waals surface area contributed by atoms with Crippen molar-refractivity contribution in [1.29, 1.82) is 0 Å². The Balaban J connectivity index is 1.58. The van der Waals surface area contributed by atoms with Gasteiger partial charge in [0.1, 0.15) is 0 Å². The number of fused-ring (bicyclic) bond motifs is 1. The van der Waals surface area contributed by atoms with E-state index in [-0.39, 0.29) is 0 Å². The quantitative estimate of drug-likeness (QED) is 0.829. The van der Waals surface area contributed by atoms with Gasteiger partial charge in [-0.15, -0.1) is 0 Å². The Labute approximate surface area is 124 Å². The summed E-state index contributed by atoms with van der Waals surface area (Å²) in [5.41, 5.74) is 1.20. The third kappa shape index (κ3) is 3.19. The Kier molecular flexibility index (Phi) is 4.40. The van der Waals surface area contributed by atoms with E-state index >= 15 is 0 Å². The summed E-state index contributed by atoms with van der Waals surface area (Å²) in [5.74, 6) is 1.70. The zero-order chi connectivity index (χ0) is 14.5. The molecular formula is C16H21N3O2. The third-order valence-corrected chi connectivity index (χ3v) is 3.80. The molecule has 0 radical (unpaired) electrons. The fourth-order valence-corrected chi connectivity index (χ4v) is 2.73. The van der Waals surface area contributed by atoms with E-state index in [0.29, 0.717) is 6.04 Å². The summed E-state index contributed by atoms with van der Waals surface area (Å²) < 4.78 is 13.2. The van der Waals surface area contributed by atoms with E-state index in [4.69, 9.17) is 9.47 Å². The number of hydrogen-bond acceptors (Lipinski definition) is 4. The van der Waals surface area contributed by atoms with Crippen molar-refractivity contribution < 1.29 is 9.47 Å². The lowest BCUT2D eigenvalue weighted by atomic mass is 10.00. The standard InChI is InChI=1S/C16H21N3O2/c1-20-15-5-2-4-13-14(6-11-21-16(13)15)18-7-3-9-19-10-8-17-12-19/h2,4-5,8,10,12,14,18H,3,6-7,9,11H2,1H3. The van der Waals surface area contributed by atoms with Gasteiger partial charge in [-0.1, -0.05) is 12.1 Å². The number of aromatic nitrogens is 2. The number of para-hydroxylation sites is 1. The zero-order valence-corrected chi connectivity index (χ0v) is 12.3. The molecule has 0 fully saturated rings. The van der Waals surface area contributed by atoms with Gasteiger partial charge in [-0.3, -0.25) is 0 Å². The van der Waals surface area contributed by atoms with Crippen molar-refractivity contribution >= 4 is 0 Å². The van der Waals surface area contributed by atoms with Crippen LogP contribution in [0.4, 0.5) is 0 Å². The van der Waals surface area contributed by atoms with Crippen LogP contribution in [0.1, 0.15) is 24.4 Å². The van der Waals surface area contributed by atoms with Crippen LogP contribution in [0.5, 0.6) is 11.5 Å². The fraction of sp³-hybridized carbons (Fsp3) is 0.438. The molecule has 1 aromatic heterocycles. The molecule has 0 aliphatic carbocycles. The molecule has 1 unspecified atom stereocenters. The second kappa shape index (κ2) is 6.63. The van der Waals surface area contributed by atoms with Gasteiger partial charge in [0, 0.05) is 37.0 Å². The van der Waals surface area contributed by atoms with Gasteiger partial charge in [-0.05, 0) is 19.0 Å². The molecule has 2 heterocycles. The number of hydrogen-bond donors (Lipinski definition) is 1. The maximum absolute atomic E-state index is 5.76. The van der Waals surface area contributed by atoms with Gasteiger partial charge in [0.15, 0.2) is 11.5 Å². The van der Waals surface area contributed by atoms with Gasteiger partial charge in [0.2, 0.25) is 0 Å². The first-order valence-corrected chi connectivity index (χ1v) is 7.37. The first-order valence-electron chi connectivity index (χ1n) is 7.37. The highest BCUT2D eigenvalue weighted by atomic mass is 16.5. The van der Waals surface area contributed by atoms with E-state index in [1.54, 1.807) is 7.11 Å². The summed E-state index contributed by atoms with van der Waals surface area (Å²) >= 11 is 0. The third-order valence-electron chi connectivity index (χ3n) is 3.80. The molecule has 1 N–H and O–H groups in total. The number of benzene rings is 1. The second-order valence-electron chi connectivity index (χ2n) is 5.18. The van der Waals surface area contributed by atoms with E-state index in [1.807, 2.05) is 30.9 Å². The van der Waals surface area contributed by atoms with Gasteiger partial charge in [0.05, 0.1) is 20.0 Å². The molecule has 3 rings (SSSR count). The van der Waals surface area contributed by atoms with E-state index in [2.05, 4.69) is 20.9 Å². The van der Waals surface area contributed by atoms with Crippen molar-refractivity contribution in [2.24, 2.45) is 0 Å².